The number of ether oxygens (including phenoxy) is 1. The van der Waals surface area contributed by atoms with Crippen molar-refractivity contribution in [3.05, 3.63) is 35.7 Å². The van der Waals surface area contributed by atoms with Gasteiger partial charge < -0.3 is 10.1 Å². The molecule has 0 aliphatic carbocycles. The first-order chi connectivity index (χ1) is 12.7. The van der Waals surface area contributed by atoms with Crippen molar-refractivity contribution in [3.8, 4) is 5.88 Å². The van der Waals surface area contributed by atoms with E-state index in [0.29, 0.717) is 5.82 Å². The summed E-state index contributed by atoms with van der Waals surface area (Å²) < 4.78 is 42.8. The van der Waals surface area contributed by atoms with Gasteiger partial charge in [0.25, 0.3) is 5.91 Å². The average molecular weight is 398 g/mol. The second-order valence-electron chi connectivity index (χ2n) is 8.49. The van der Waals surface area contributed by atoms with Gasteiger partial charge in [-0.15, -0.1) is 0 Å². The molecule has 0 aliphatic rings. The molecule has 2 aromatic rings. The van der Waals surface area contributed by atoms with E-state index in [1.165, 1.54) is 18.3 Å². The van der Waals surface area contributed by atoms with Crippen LogP contribution in [-0.4, -0.2) is 33.5 Å². The van der Waals surface area contributed by atoms with Crippen LogP contribution in [0, 0.1) is 0 Å². The third-order valence-electron chi connectivity index (χ3n) is 3.74. The van der Waals surface area contributed by atoms with Gasteiger partial charge in [0.2, 0.25) is 5.88 Å². The van der Waals surface area contributed by atoms with E-state index in [1.54, 1.807) is 4.68 Å². The fourth-order valence-corrected chi connectivity index (χ4v) is 2.29. The summed E-state index contributed by atoms with van der Waals surface area (Å²) in [6.07, 6.45) is -3.28. The number of carbonyl (C=O) groups is 1. The molecule has 0 spiro atoms. The summed E-state index contributed by atoms with van der Waals surface area (Å²) >= 11 is 0. The van der Waals surface area contributed by atoms with Gasteiger partial charge in [0.1, 0.15) is 5.82 Å². The topological polar surface area (TPSA) is 69.0 Å². The van der Waals surface area contributed by atoms with Crippen molar-refractivity contribution in [1.29, 1.82) is 0 Å². The molecular formula is C19H25F3N4O2. The van der Waals surface area contributed by atoms with Crippen molar-refractivity contribution in [2.24, 2.45) is 0 Å². The third kappa shape index (κ3) is 5.71. The minimum absolute atomic E-state index is 0.193. The monoisotopic (exact) mass is 398 g/mol. The van der Waals surface area contributed by atoms with Crippen LogP contribution in [0.2, 0.25) is 0 Å². The van der Waals surface area contributed by atoms with Crippen LogP contribution in [0.25, 0.3) is 0 Å². The van der Waals surface area contributed by atoms with Crippen molar-refractivity contribution in [3.63, 3.8) is 0 Å². The molecule has 0 saturated heterocycles. The predicted molar refractivity (Wildman–Crippen MR) is 99.7 cm³/mol. The van der Waals surface area contributed by atoms with Crippen LogP contribution in [0.15, 0.2) is 24.4 Å². The Bertz CT molecular complexity index is 829. The number of aromatic nitrogens is 3. The molecule has 0 radical (unpaired) electrons. The van der Waals surface area contributed by atoms with Gasteiger partial charge in [0, 0.05) is 23.7 Å². The zero-order valence-electron chi connectivity index (χ0n) is 16.8. The van der Waals surface area contributed by atoms with Gasteiger partial charge in [0.15, 0.2) is 6.61 Å². The Morgan fingerprint density at radius 1 is 1.14 bits per heavy atom. The first-order valence-electron chi connectivity index (χ1n) is 8.75. The van der Waals surface area contributed by atoms with Crippen molar-refractivity contribution in [2.45, 2.75) is 58.7 Å². The lowest BCUT2D eigenvalue weighted by Gasteiger charge is -2.23. The fourth-order valence-electron chi connectivity index (χ4n) is 2.29. The van der Waals surface area contributed by atoms with E-state index in [0.717, 1.165) is 5.69 Å². The molecule has 28 heavy (non-hydrogen) atoms. The number of anilines is 1. The first-order valence-corrected chi connectivity index (χ1v) is 8.75. The van der Waals surface area contributed by atoms with E-state index in [-0.39, 0.29) is 22.4 Å². The summed E-state index contributed by atoms with van der Waals surface area (Å²) in [5, 5.41) is 7.42. The lowest BCUT2D eigenvalue weighted by Crippen LogP contribution is -2.27. The first kappa shape index (κ1) is 21.7. The van der Waals surface area contributed by atoms with Gasteiger partial charge in [-0.2, -0.15) is 18.3 Å². The van der Waals surface area contributed by atoms with E-state index in [9.17, 15) is 18.0 Å². The molecule has 1 amide bonds. The number of hydrogen-bond donors (Lipinski definition) is 1. The van der Waals surface area contributed by atoms with E-state index >= 15 is 0 Å². The molecule has 0 fully saturated rings. The number of amides is 1. The molecule has 2 aromatic heterocycles. The Balaban J connectivity index is 2.19. The molecule has 0 saturated carbocycles. The number of rotatable bonds is 4. The van der Waals surface area contributed by atoms with E-state index < -0.39 is 18.7 Å². The highest BCUT2D eigenvalue weighted by Gasteiger charge is 2.29. The molecule has 9 heteroatoms. The summed E-state index contributed by atoms with van der Waals surface area (Å²) in [5.74, 6) is -0.121. The largest absolute Gasteiger partial charge is 0.468 e. The highest BCUT2D eigenvalue weighted by Crippen LogP contribution is 2.28. The molecule has 1 N–H and O–H groups in total. The van der Waals surface area contributed by atoms with Crippen LogP contribution in [-0.2, 0) is 11.0 Å². The molecule has 6 nitrogen and oxygen atoms in total. The zero-order chi connectivity index (χ0) is 21.3. The SMILES string of the molecule is CC(C)(C)c1cc(NC(=O)c2ccc(OCC(F)(F)F)nc2)n(C(C)(C)C)n1. The summed E-state index contributed by atoms with van der Waals surface area (Å²) in [7, 11) is 0. The van der Waals surface area contributed by atoms with Gasteiger partial charge in [-0.25, -0.2) is 9.67 Å². The number of halogens is 3. The number of hydrogen-bond acceptors (Lipinski definition) is 4. The summed E-state index contributed by atoms with van der Waals surface area (Å²) in [4.78, 5) is 16.3. The Morgan fingerprint density at radius 2 is 1.79 bits per heavy atom. The standard InChI is InChI=1S/C19H25F3N4O2/c1-17(2,3)13-9-14(26(25-13)18(4,5)6)24-16(27)12-7-8-15(23-10-12)28-11-19(20,21)22/h7-10H,11H2,1-6H3,(H,24,27). The molecular weight excluding hydrogens is 373 g/mol. The minimum atomic E-state index is -4.45. The number of alkyl halides is 3. The van der Waals surface area contributed by atoms with Crippen molar-refractivity contribution < 1.29 is 22.7 Å². The van der Waals surface area contributed by atoms with Gasteiger partial charge in [-0.05, 0) is 26.8 Å². The van der Waals surface area contributed by atoms with Crippen LogP contribution in [0.5, 0.6) is 5.88 Å². The fraction of sp³-hybridized carbons (Fsp3) is 0.526. The van der Waals surface area contributed by atoms with Crippen molar-refractivity contribution in [2.75, 3.05) is 11.9 Å². The maximum atomic E-state index is 12.6. The molecule has 0 atom stereocenters. The van der Waals surface area contributed by atoms with Gasteiger partial charge in [-0.1, -0.05) is 20.8 Å². The molecule has 0 aromatic carbocycles. The molecule has 0 aliphatic heterocycles. The Kier molecular flexibility index (Phi) is 5.77. The van der Waals surface area contributed by atoms with Gasteiger partial charge in [-0.3, -0.25) is 4.79 Å². The summed E-state index contributed by atoms with van der Waals surface area (Å²) in [5.41, 5.74) is 0.458. The molecule has 2 heterocycles. The molecule has 154 valence electrons. The Morgan fingerprint density at radius 3 is 2.25 bits per heavy atom. The Labute approximate surface area is 162 Å². The quantitative estimate of drug-likeness (QED) is 0.822. The van der Waals surface area contributed by atoms with Crippen molar-refractivity contribution in [1.82, 2.24) is 14.8 Å². The van der Waals surface area contributed by atoms with Crippen LogP contribution in [0.3, 0.4) is 0 Å². The molecule has 2 rings (SSSR count). The van der Waals surface area contributed by atoms with Crippen LogP contribution in [0.1, 0.15) is 57.6 Å². The van der Waals surface area contributed by atoms with Crippen molar-refractivity contribution >= 4 is 11.7 Å². The lowest BCUT2D eigenvalue weighted by atomic mass is 9.92. The zero-order valence-corrected chi connectivity index (χ0v) is 16.8. The number of pyridine rings is 1. The maximum absolute atomic E-state index is 12.6. The minimum Gasteiger partial charge on any atom is -0.468 e. The second-order valence-corrected chi connectivity index (χ2v) is 8.49. The Hall–Kier alpha value is -2.58. The number of nitrogens with zero attached hydrogens (tertiary/aromatic N) is 3. The van der Waals surface area contributed by atoms with Crippen LogP contribution >= 0.6 is 0 Å². The van der Waals surface area contributed by atoms with E-state index in [2.05, 4.69) is 20.1 Å². The number of nitrogens with one attached hydrogen (secondary N) is 1. The molecule has 0 unspecified atom stereocenters. The lowest BCUT2D eigenvalue weighted by molar-refractivity contribution is -0.154. The van der Waals surface area contributed by atoms with Crippen LogP contribution in [0.4, 0.5) is 19.0 Å². The summed E-state index contributed by atoms with van der Waals surface area (Å²) in [6, 6.07) is 4.40. The van der Waals surface area contributed by atoms with E-state index in [1.807, 2.05) is 47.6 Å². The van der Waals surface area contributed by atoms with Gasteiger partial charge >= 0.3 is 6.18 Å². The highest BCUT2D eigenvalue weighted by atomic mass is 19.4. The predicted octanol–water partition coefficient (Wildman–Crippen LogP) is 4.52. The smallest absolute Gasteiger partial charge is 0.422 e. The van der Waals surface area contributed by atoms with E-state index in [4.69, 9.17) is 0 Å². The second kappa shape index (κ2) is 7.44. The highest BCUT2D eigenvalue weighted by molar-refractivity contribution is 6.03. The molecule has 0 bridgehead atoms. The normalized spacial score (nSPS) is 12.8. The third-order valence-corrected chi connectivity index (χ3v) is 3.74. The average Bonchev–Trinajstić information content (AvgIpc) is 2.97. The van der Waals surface area contributed by atoms with Gasteiger partial charge in [0.05, 0.1) is 16.8 Å². The number of carbonyl (C=O) groups excluding carboxylic acids is 1. The maximum Gasteiger partial charge on any atom is 0.422 e. The van der Waals surface area contributed by atoms with Crippen LogP contribution < -0.4 is 10.1 Å². The summed E-state index contributed by atoms with van der Waals surface area (Å²) in [6.45, 7) is 10.5.